The Morgan fingerprint density at radius 3 is 2.73 bits per heavy atom. The normalized spacial score (nSPS) is 24.2. The highest BCUT2D eigenvalue weighted by atomic mass is 79.9. The Kier molecular flexibility index (Phi) is 3.62. The van der Waals surface area contributed by atoms with E-state index in [4.69, 9.17) is 0 Å². The number of pyridine rings is 1. The molecule has 2 aliphatic rings. The molecule has 4 rings (SSSR count). The monoisotopic (exact) mass is 361 g/mol. The molecule has 0 amide bonds. The molecular formula is C17H17BrFN3. The third kappa shape index (κ3) is 2.42. The first-order valence-corrected chi connectivity index (χ1v) is 8.36. The van der Waals surface area contributed by atoms with E-state index in [-0.39, 0.29) is 5.82 Å². The van der Waals surface area contributed by atoms with Gasteiger partial charge in [0, 0.05) is 42.4 Å². The summed E-state index contributed by atoms with van der Waals surface area (Å²) in [4.78, 5) is 8.86. The average molecular weight is 362 g/mol. The van der Waals surface area contributed by atoms with Gasteiger partial charge in [0.2, 0.25) is 0 Å². The second-order valence-corrected chi connectivity index (χ2v) is 6.88. The van der Waals surface area contributed by atoms with Crippen LogP contribution in [0, 0.1) is 5.82 Å². The second kappa shape index (κ2) is 5.63. The van der Waals surface area contributed by atoms with Crippen molar-refractivity contribution in [3.05, 3.63) is 58.4 Å². The van der Waals surface area contributed by atoms with E-state index in [1.807, 2.05) is 6.07 Å². The van der Waals surface area contributed by atoms with Gasteiger partial charge in [0.25, 0.3) is 0 Å². The Morgan fingerprint density at radius 1 is 1.14 bits per heavy atom. The van der Waals surface area contributed by atoms with Gasteiger partial charge in [-0.2, -0.15) is 0 Å². The third-order valence-corrected chi connectivity index (χ3v) is 5.47. The van der Waals surface area contributed by atoms with Crippen molar-refractivity contribution in [3.63, 3.8) is 0 Å². The molecular weight excluding hydrogens is 345 g/mol. The van der Waals surface area contributed by atoms with E-state index in [2.05, 4.69) is 48.9 Å². The Bertz CT molecular complexity index is 693. The number of nitrogens with zero attached hydrogens (tertiary/aromatic N) is 3. The number of likely N-dealkylation sites (tertiary alicyclic amines) is 1. The molecule has 5 heteroatoms. The molecule has 22 heavy (non-hydrogen) atoms. The third-order valence-electron chi connectivity index (χ3n) is 4.70. The van der Waals surface area contributed by atoms with Crippen LogP contribution in [0.2, 0.25) is 0 Å². The maximum atomic E-state index is 13.9. The number of rotatable bonds is 3. The molecule has 2 fully saturated rings. The van der Waals surface area contributed by atoms with Crippen LogP contribution in [-0.4, -0.2) is 35.1 Å². The predicted octanol–water partition coefficient (Wildman–Crippen LogP) is 3.45. The number of benzene rings is 1. The standard InChI is InChI=1S/C17H17BrFN3/c18-15-5-2-1-4-12(15)9-21-10-14-8-13(21)11-22(14)17-16(19)6-3-7-20-17/h1-7,13-14H,8-11H2. The first-order chi connectivity index (χ1) is 10.7. The summed E-state index contributed by atoms with van der Waals surface area (Å²) in [6.07, 6.45) is 2.77. The zero-order chi connectivity index (χ0) is 15.1. The number of halogens is 2. The molecule has 0 spiro atoms. The predicted molar refractivity (Wildman–Crippen MR) is 88.3 cm³/mol. The quantitative estimate of drug-likeness (QED) is 0.834. The lowest BCUT2D eigenvalue weighted by Gasteiger charge is -2.35. The second-order valence-electron chi connectivity index (χ2n) is 6.03. The summed E-state index contributed by atoms with van der Waals surface area (Å²) in [7, 11) is 0. The molecule has 0 saturated carbocycles. The van der Waals surface area contributed by atoms with Gasteiger partial charge in [-0.1, -0.05) is 34.1 Å². The molecule has 1 aromatic carbocycles. The van der Waals surface area contributed by atoms with Crippen molar-refractivity contribution in [2.24, 2.45) is 0 Å². The SMILES string of the molecule is Fc1cccnc1N1CC2CC1CN2Cc1ccccc1Br. The number of hydrogen-bond acceptors (Lipinski definition) is 3. The Hall–Kier alpha value is -1.46. The lowest BCUT2D eigenvalue weighted by atomic mass is 10.2. The van der Waals surface area contributed by atoms with Crippen molar-refractivity contribution in [2.75, 3.05) is 18.0 Å². The van der Waals surface area contributed by atoms with E-state index < -0.39 is 0 Å². The first kappa shape index (κ1) is 14.2. The largest absolute Gasteiger partial charge is 0.348 e. The van der Waals surface area contributed by atoms with Crippen LogP contribution >= 0.6 is 15.9 Å². The molecule has 2 unspecified atom stereocenters. The summed E-state index contributed by atoms with van der Waals surface area (Å²) < 4.78 is 15.1. The Balaban J connectivity index is 1.49. The zero-order valence-electron chi connectivity index (χ0n) is 12.1. The van der Waals surface area contributed by atoms with Crippen molar-refractivity contribution in [1.29, 1.82) is 0 Å². The van der Waals surface area contributed by atoms with Crippen molar-refractivity contribution >= 4 is 21.7 Å². The molecule has 0 N–H and O–H groups in total. The molecule has 3 heterocycles. The average Bonchev–Trinajstić information content (AvgIpc) is 3.10. The van der Waals surface area contributed by atoms with Crippen molar-refractivity contribution in [2.45, 2.75) is 25.0 Å². The molecule has 2 aliphatic heterocycles. The van der Waals surface area contributed by atoms with E-state index in [9.17, 15) is 4.39 Å². The van der Waals surface area contributed by atoms with Crippen LogP contribution in [0.5, 0.6) is 0 Å². The summed E-state index contributed by atoms with van der Waals surface area (Å²) >= 11 is 3.62. The van der Waals surface area contributed by atoms with Crippen molar-refractivity contribution in [1.82, 2.24) is 9.88 Å². The van der Waals surface area contributed by atoms with Gasteiger partial charge in [0.1, 0.15) is 0 Å². The van der Waals surface area contributed by atoms with E-state index in [0.29, 0.717) is 17.9 Å². The Morgan fingerprint density at radius 2 is 2.00 bits per heavy atom. The van der Waals surface area contributed by atoms with Gasteiger partial charge in [0.05, 0.1) is 0 Å². The fourth-order valence-electron chi connectivity index (χ4n) is 3.64. The van der Waals surface area contributed by atoms with Gasteiger partial charge in [-0.15, -0.1) is 0 Å². The lowest BCUT2D eigenvalue weighted by molar-refractivity contribution is 0.229. The summed E-state index contributed by atoms with van der Waals surface area (Å²) in [5.41, 5.74) is 1.31. The molecule has 2 atom stereocenters. The van der Waals surface area contributed by atoms with E-state index in [0.717, 1.165) is 30.5 Å². The molecule has 2 saturated heterocycles. The highest BCUT2D eigenvalue weighted by Gasteiger charge is 2.44. The fraction of sp³-hybridized carbons (Fsp3) is 0.353. The van der Waals surface area contributed by atoms with Crippen LogP contribution in [0.3, 0.4) is 0 Å². The number of anilines is 1. The highest BCUT2D eigenvalue weighted by Crippen LogP contribution is 2.35. The summed E-state index contributed by atoms with van der Waals surface area (Å²) in [6.45, 7) is 2.78. The number of fused-ring (bicyclic) bond motifs is 2. The Labute approximate surface area is 137 Å². The van der Waals surface area contributed by atoms with E-state index in [1.54, 1.807) is 12.3 Å². The summed E-state index contributed by atoms with van der Waals surface area (Å²) in [5, 5.41) is 0. The van der Waals surface area contributed by atoms with Gasteiger partial charge in [0.15, 0.2) is 11.6 Å². The summed E-state index contributed by atoms with van der Waals surface area (Å²) in [5.74, 6) is 0.294. The van der Waals surface area contributed by atoms with Crippen LogP contribution in [0.4, 0.5) is 10.2 Å². The molecule has 1 aromatic heterocycles. The maximum Gasteiger partial charge on any atom is 0.165 e. The fourth-order valence-corrected chi connectivity index (χ4v) is 4.05. The molecule has 2 aromatic rings. The zero-order valence-corrected chi connectivity index (χ0v) is 13.7. The van der Waals surface area contributed by atoms with Crippen LogP contribution in [0.15, 0.2) is 47.1 Å². The van der Waals surface area contributed by atoms with E-state index >= 15 is 0 Å². The van der Waals surface area contributed by atoms with Crippen LogP contribution in [0.25, 0.3) is 0 Å². The molecule has 0 aliphatic carbocycles. The molecule has 2 bridgehead atoms. The van der Waals surface area contributed by atoms with Crippen LogP contribution in [-0.2, 0) is 6.54 Å². The molecule has 114 valence electrons. The lowest BCUT2D eigenvalue weighted by Crippen LogP contribution is -2.46. The van der Waals surface area contributed by atoms with Gasteiger partial charge in [-0.25, -0.2) is 9.37 Å². The van der Waals surface area contributed by atoms with Crippen LogP contribution < -0.4 is 4.90 Å². The highest BCUT2D eigenvalue weighted by molar-refractivity contribution is 9.10. The number of piperazine rings is 1. The summed E-state index contributed by atoms with van der Waals surface area (Å²) in [6, 6.07) is 12.3. The van der Waals surface area contributed by atoms with Crippen molar-refractivity contribution < 1.29 is 4.39 Å². The molecule has 3 nitrogen and oxygen atoms in total. The smallest absolute Gasteiger partial charge is 0.165 e. The van der Waals surface area contributed by atoms with Gasteiger partial charge >= 0.3 is 0 Å². The van der Waals surface area contributed by atoms with E-state index in [1.165, 1.54) is 11.6 Å². The topological polar surface area (TPSA) is 19.4 Å². The minimum absolute atomic E-state index is 0.215. The minimum Gasteiger partial charge on any atom is -0.348 e. The number of hydrogen-bond donors (Lipinski definition) is 0. The van der Waals surface area contributed by atoms with Gasteiger partial charge in [-0.3, -0.25) is 4.90 Å². The van der Waals surface area contributed by atoms with Crippen molar-refractivity contribution in [3.8, 4) is 0 Å². The minimum atomic E-state index is -0.215. The molecule has 0 radical (unpaired) electrons. The van der Waals surface area contributed by atoms with Gasteiger partial charge < -0.3 is 4.90 Å². The number of aromatic nitrogens is 1. The van der Waals surface area contributed by atoms with Gasteiger partial charge in [-0.05, 0) is 30.2 Å². The van der Waals surface area contributed by atoms with Crippen LogP contribution in [0.1, 0.15) is 12.0 Å². The first-order valence-electron chi connectivity index (χ1n) is 7.57. The maximum absolute atomic E-state index is 13.9.